The van der Waals surface area contributed by atoms with Crippen LogP contribution < -0.4 is 10.2 Å². The van der Waals surface area contributed by atoms with Crippen LogP contribution in [0.2, 0.25) is 0 Å². The summed E-state index contributed by atoms with van der Waals surface area (Å²) in [5, 5.41) is 9.43. The highest BCUT2D eigenvalue weighted by Crippen LogP contribution is 2.25. The molecule has 0 unspecified atom stereocenters. The van der Waals surface area contributed by atoms with E-state index in [2.05, 4.69) is 0 Å². The molecule has 1 aliphatic rings. The number of piperidine rings is 1. The highest BCUT2D eigenvalue weighted by atomic mass is 32.2. The number of halogens is 1. The van der Waals surface area contributed by atoms with E-state index < -0.39 is 21.9 Å². The lowest BCUT2D eigenvalue weighted by atomic mass is 9.99. The average molecular weight is 437 g/mol. The smallest absolute Gasteiger partial charge is 0.216 e. The summed E-state index contributed by atoms with van der Waals surface area (Å²) in [6.07, 6.45) is 1.44. The van der Waals surface area contributed by atoms with E-state index >= 15 is 0 Å². The first-order valence-corrected chi connectivity index (χ1v) is 11.7. The fraction of sp³-hybridized carbons (Fsp3) is 0.455. The maximum Gasteiger partial charge on any atom is 0.216 e. The summed E-state index contributed by atoms with van der Waals surface area (Å²) < 4.78 is 46.2. The number of sulfonamides is 1. The van der Waals surface area contributed by atoms with Gasteiger partial charge < -0.3 is 9.94 Å². The molecule has 0 aliphatic carbocycles. The normalized spacial score (nSPS) is 17.1. The van der Waals surface area contributed by atoms with E-state index in [1.165, 1.54) is 28.6 Å². The van der Waals surface area contributed by atoms with Crippen molar-refractivity contribution in [2.45, 2.75) is 32.7 Å². The molecule has 0 aromatic heterocycles. The zero-order chi connectivity index (χ0) is 21.7. The number of nitrogens with one attached hydrogen (secondary N) is 1. The summed E-state index contributed by atoms with van der Waals surface area (Å²) >= 11 is 0. The molecule has 6 nitrogen and oxygen atoms in total. The number of benzene rings is 2. The van der Waals surface area contributed by atoms with Crippen LogP contribution in [0.5, 0.6) is 5.75 Å². The Bertz CT molecular complexity index is 942. The molecule has 0 bridgehead atoms. The van der Waals surface area contributed by atoms with Crippen LogP contribution in [0, 0.1) is 25.6 Å². The summed E-state index contributed by atoms with van der Waals surface area (Å²) in [5.41, 5.74) is 4.79. The number of rotatable bonds is 8. The molecule has 3 rings (SSSR count). The number of hydrogen-bond acceptors (Lipinski definition) is 5. The van der Waals surface area contributed by atoms with Crippen LogP contribution >= 0.6 is 0 Å². The molecule has 0 saturated carbocycles. The Morgan fingerprint density at radius 3 is 2.47 bits per heavy atom. The Labute approximate surface area is 177 Å². The topological polar surface area (TPSA) is 78.9 Å². The van der Waals surface area contributed by atoms with Crippen molar-refractivity contribution in [3.8, 4) is 5.75 Å². The molecule has 0 radical (unpaired) electrons. The molecule has 2 aromatic rings. The van der Waals surface area contributed by atoms with Crippen LogP contribution in [0.15, 0.2) is 42.5 Å². The first-order valence-electron chi connectivity index (χ1n) is 10.1. The lowest BCUT2D eigenvalue weighted by molar-refractivity contribution is 0.133. The van der Waals surface area contributed by atoms with Crippen molar-refractivity contribution < 1.29 is 22.8 Å². The molecule has 2 aromatic carbocycles. The molecule has 1 atom stereocenters. The van der Waals surface area contributed by atoms with Crippen LogP contribution in [0.1, 0.15) is 35.6 Å². The van der Waals surface area contributed by atoms with Gasteiger partial charge >= 0.3 is 0 Å². The highest BCUT2D eigenvalue weighted by molar-refractivity contribution is 7.89. The number of hydrogen-bond donors (Lipinski definition) is 2. The van der Waals surface area contributed by atoms with Crippen LogP contribution in [-0.4, -0.2) is 43.4 Å². The van der Waals surface area contributed by atoms with Gasteiger partial charge in [0, 0.05) is 13.1 Å². The number of aryl methyl sites for hydroxylation is 2. The Morgan fingerprint density at radius 2 is 1.83 bits per heavy atom. The molecule has 1 fully saturated rings. The third-order valence-electron chi connectivity index (χ3n) is 5.59. The fourth-order valence-electron chi connectivity index (χ4n) is 3.64. The highest BCUT2D eigenvalue weighted by Gasteiger charge is 2.31. The molecule has 0 spiro atoms. The minimum Gasteiger partial charge on any atom is -0.493 e. The number of nitrogens with zero attached hydrogens (tertiary/aromatic N) is 1. The van der Waals surface area contributed by atoms with E-state index in [4.69, 9.17) is 4.74 Å². The van der Waals surface area contributed by atoms with E-state index in [1.807, 2.05) is 37.5 Å². The molecule has 1 saturated heterocycles. The first kappa shape index (κ1) is 22.7. The van der Waals surface area contributed by atoms with Gasteiger partial charge in [-0.3, -0.25) is 0 Å². The van der Waals surface area contributed by atoms with Gasteiger partial charge in [-0.15, -0.1) is 0 Å². The molecule has 164 valence electrons. The summed E-state index contributed by atoms with van der Waals surface area (Å²) in [4.78, 5) is 0. The van der Waals surface area contributed by atoms with Crippen molar-refractivity contribution in [1.29, 1.82) is 0 Å². The van der Waals surface area contributed by atoms with Gasteiger partial charge in [0.15, 0.2) is 0 Å². The van der Waals surface area contributed by atoms with Crippen molar-refractivity contribution in [3.05, 3.63) is 65.0 Å². The predicted octanol–water partition coefficient (Wildman–Crippen LogP) is 3.58. The second-order valence-corrected chi connectivity index (χ2v) is 9.95. The SMILES string of the molecule is Cc1ccc(C)c(OCC2CCN(S(=O)(=O)C[C@H](NO)c3ccc(F)cc3)CC2)c1. The Morgan fingerprint density at radius 1 is 1.17 bits per heavy atom. The Balaban J connectivity index is 1.54. The van der Waals surface area contributed by atoms with E-state index in [0.717, 1.165) is 29.7 Å². The van der Waals surface area contributed by atoms with E-state index in [1.54, 1.807) is 0 Å². The lowest BCUT2D eigenvalue weighted by Gasteiger charge is -2.32. The third kappa shape index (κ3) is 5.78. The second-order valence-electron chi connectivity index (χ2n) is 7.93. The van der Waals surface area contributed by atoms with Gasteiger partial charge in [-0.25, -0.2) is 17.1 Å². The van der Waals surface area contributed by atoms with Gasteiger partial charge in [-0.05, 0) is 67.5 Å². The van der Waals surface area contributed by atoms with Crippen molar-refractivity contribution in [2.75, 3.05) is 25.4 Å². The molecular weight excluding hydrogens is 407 g/mol. The van der Waals surface area contributed by atoms with Gasteiger partial charge in [-0.2, -0.15) is 5.48 Å². The molecule has 1 heterocycles. The van der Waals surface area contributed by atoms with Crippen LogP contribution in [-0.2, 0) is 10.0 Å². The molecule has 30 heavy (non-hydrogen) atoms. The largest absolute Gasteiger partial charge is 0.493 e. The summed E-state index contributed by atoms with van der Waals surface area (Å²) in [6.45, 7) is 5.44. The van der Waals surface area contributed by atoms with Gasteiger partial charge in [-0.1, -0.05) is 24.3 Å². The Hall–Kier alpha value is -2.00. The molecule has 1 aliphatic heterocycles. The molecule has 8 heteroatoms. The van der Waals surface area contributed by atoms with E-state index in [0.29, 0.717) is 31.2 Å². The van der Waals surface area contributed by atoms with Gasteiger partial charge in [0.1, 0.15) is 11.6 Å². The minimum atomic E-state index is -3.58. The van der Waals surface area contributed by atoms with Crippen molar-refractivity contribution in [3.63, 3.8) is 0 Å². The van der Waals surface area contributed by atoms with Crippen molar-refractivity contribution in [1.82, 2.24) is 9.79 Å². The van der Waals surface area contributed by atoms with Crippen LogP contribution in [0.3, 0.4) is 0 Å². The van der Waals surface area contributed by atoms with Gasteiger partial charge in [0.05, 0.1) is 18.4 Å². The minimum absolute atomic E-state index is 0.292. The summed E-state index contributed by atoms with van der Waals surface area (Å²) in [7, 11) is -3.58. The number of hydroxylamine groups is 1. The quantitative estimate of drug-likeness (QED) is 0.619. The first-order chi connectivity index (χ1) is 14.3. The average Bonchev–Trinajstić information content (AvgIpc) is 2.73. The summed E-state index contributed by atoms with van der Waals surface area (Å²) in [6, 6.07) is 10.7. The molecule has 0 amide bonds. The molecular formula is C22H29FN2O4S. The maximum atomic E-state index is 13.1. The lowest BCUT2D eigenvalue weighted by Crippen LogP contribution is -2.43. The number of ether oxygens (including phenoxy) is 1. The summed E-state index contributed by atoms with van der Waals surface area (Å²) in [5.74, 6) is 0.462. The van der Waals surface area contributed by atoms with E-state index in [9.17, 15) is 18.0 Å². The maximum absolute atomic E-state index is 13.1. The van der Waals surface area contributed by atoms with Crippen molar-refractivity contribution >= 4 is 10.0 Å². The van der Waals surface area contributed by atoms with Crippen LogP contribution in [0.4, 0.5) is 4.39 Å². The van der Waals surface area contributed by atoms with Crippen molar-refractivity contribution in [2.24, 2.45) is 5.92 Å². The predicted molar refractivity (Wildman–Crippen MR) is 114 cm³/mol. The van der Waals surface area contributed by atoms with Crippen LogP contribution in [0.25, 0.3) is 0 Å². The van der Waals surface area contributed by atoms with Gasteiger partial charge in [0.2, 0.25) is 10.0 Å². The third-order valence-corrected chi connectivity index (χ3v) is 7.50. The zero-order valence-electron chi connectivity index (χ0n) is 17.3. The van der Waals surface area contributed by atoms with E-state index in [-0.39, 0.29) is 5.75 Å². The Kier molecular flexibility index (Phi) is 7.46. The monoisotopic (exact) mass is 436 g/mol. The fourth-order valence-corrected chi connectivity index (χ4v) is 5.31. The second kappa shape index (κ2) is 9.87. The van der Waals surface area contributed by atoms with Gasteiger partial charge in [0.25, 0.3) is 0 Å². The molecule has 2 N–H and O–H groups in total. The zero-order valence-corrected chi connectivity index (χ0v) is 18.2. The standard InChI is InChI=1S/C22H29FN2O4S/c1-16-3-4-17(2)22(13-16)29-14-18-9-11-25(12-10-18)30(27,28)15-21(24-26)19-5-7-20(23)8-6-19/h3-8,13,18,21,24,26H,9-12,14-15H2,1-2H3/t21-/m0/s1.